The number of likely N-dealkylation sites (tertiary alicyclic amines) is 2. The molecule has 0 radical (unpaired) electrons. The van der Waals surface area contributed by atoms with Crippen molar-refractivity contribution in [3.63, 3.8) is 0 Å². The molecule has 2 N–H and O–H groups in total. The van der Waals surface area contributed by atoms with Gasteiger partial charge in [-0.1, -0.05) is 13.3 Å². The molecule has 7 heteroatoms. The SMILES string of the molecule is CCC1C(N2CCC3(CC2)CNC(=O)O3)CC12CCN(C(=O)O)C2. The number of nitrogens with zero attached hydrogens (tertiary/aromatic N) is 2. The van der Waals surface area contributed by atoms with Crippen LogP contribution in [0.3, 0.4) is 0 Å². The second-order valence-electron chi connectivity index (χ2n) is 8.06. The molecule has 3 atom stereocenters. The number of amides is 2. The molecule has 0 aromatic carbocycles. The number of hydrogen-bond donors (Lipinski definition) is 2. The molecular formula is C17H27N3O4. The molecule has 3 saturated heterocycles. The molecule has 7 nitrogen and oxygen atoms in total. The first kappa shape index (κ1) is 16.0. The van der Waals surface area contributed by atoms with Crippen LogP contribution in [0.15, 0.2) is 0 Å². The van der Waals surface area contributed by atoms with E-state index in [-0.39, 0.29) is 17.1 Å². The van der Waals surface area contributed by atoms with Crippen LogP contribution in [0, 0.1) is 11.3 Å². The third-order valence-electron chi connectivity index (χ3n) is 7.00. The Morgan fingerprint density at radius 3 is 2.62 bits per heavy atom. The first-order valence-corrected chi connectivity index (χ1v) is 9.16. The Kier molecular flexibility index (Phi) is 3.67. The maximum absolute atomic E-state index is 11.4. The van der Waals surface area contributed by atoms with E-state index < -0.39 is 6.09 Å². The molecule has 1 aliphatic carbocycles. The van der Waals surface area contributed by atoms with Gasteiger partial charge < -0.3 is 20.1 Å². The fourth-order valence-corrected chi connectivity index (χ4v) is 5.62. The molecule has 134 valence electrons. The van der Waals surface area contributed by atoms with Crippen LogP contribution in [-0.2, 0) is 4.74 Å². The lowest BCUT2D eigenvalue weighted by molar-refractivity contribution is -0.0975. The van der Waals surface area contributed by atoms with Gasteiger partial charge in [0, 0.05) is 45.1 Å². The van der Waals surface area contributed by atoms with E-state index in [0.717, 1.165) is 45.2 Å². The largest absolute Gasteiger partial charge is 0.465 e. The monoisotopic (exact) mass is 337 g/mol. The molecule has 3 aliphatic heterocycles. The number of ether oxygens (including phenoxy) is 1. The van der Waals surface area contributed by atoms with Crippen LogP contribution in [0.1, 0.15) is 39.0 Å². The summed E-state index contributed by atoms with van der Waals surface area (Å²) in [5.41, 5.74) is -0.0848. The third-order valence-corrected chi connectivity index (χ3v) is 7.00. The lowest BCUT2D eigenvalue weighted by Gasteiger charge is -2.58. The van der Waals surface area contributed by atoms with Crippen LogP contribution < -0.4 is 5.32 Å². The number of carbonyl (C=O) groups excluding carboxylic acids is 1. The Bertz CT molecular complexity index is 546. The van der Waals surface area contributed by atoms with Crippen LogP contribution in [0.5, 0.6) is 0 Å². The van der Waals surface area contributed by atoms with Crippen molar-refractivity contribution in [2.45, 2.75) is 50.7 Å². The topological polar surface area (TPSA) is 82.1 Å². The molecule has 0 aromatic rings. The third kappa shape index (κ3) is 2.36. The Balaban J connectivity index is 1.37. The number of rotatable bonds is 2. The minimum Gasteiger partial charge on any atom is -0.465 e. The fraction of sp³-hybridized carbons (Fsp3) is 0.882. The summed E-state index contributed by atoms with van der Waals surface area (Å²) in [5.74, 6) is 0.583. The molecule has 2 amide bonds. The van der Waals surface area contributed by atoms with E-state index in [2.05, 4.69) is 17.1 Å². The van der Waals surface area contributed by atoms with Gasteiger partial charge in [0.25, 0.3) is 0 Å². The molecule has 3 unspecified atom stereocenters. The number of carboxylic acid groups (broad SMARTS) is 1. The standard InChI is InChI=1S/C17H27N3O4/c1-2-12-13(9-16(12)3-6-20(11-16)15(22)23)19-7-4-17(5-8-19)10-18-14(21)24-17/h12-13H,2-11H2,1H3,(H,18,21)(H,22,23). The number of carbonyl (C=O) groups is 2. The van der Waals surface area contributed by atoms with Gasteiger partial charge in [0.05, 0.1) is 6.54 Å². The van der Waals surface area contributed by atoms with E-state index >= 15 is 0 Å². The number of piperidine rings is 1. The quantitative estimate of drug-likeness (QED) is 0.802. The van der Waals surface area contributed by atoms with E-state index in [9.17, 15) is 14.7 Å². The van der Waals surface area contributed by atoms with Crippen molar-refractivity contribution in [2.75, 3.05) is 32.7 Å². The first-order valence-electron chi connectivity index (χ1n) is 9.16. The van der Waals surface area contributed by atoms with Crippen LogP contribution >= 0.6 is 0 Å². The van der Waals surface area contributed by atoms with E-state index in [1.165, 1.54) is 0 Å². The minimum absolute atomic E-state index is 0.203. The lowest BCUT2D eigenvalue weighted by atomic mass is 9.54. The van der Waals surface area contributed by atoms with Gasteiger partial charge in [0.2, 0.25) is 0 Å². The predicted octanol–water partition coefficient (Wildman–Crippen LogP) is 1.73. The van der Waals surface area contributed by atoms with Crippen molar-refractivity contribution < 1.29 is 19.4 Å². The zero-order chi connectivity index (χ0) is 16.9. The maximum Gasteiger partial charge on any atom is 0.407 e. The van der Waals surface area contributed by atoms with Crippen molar-refractivity contribution in [3.8, 4) is 0 Å². The van der Waals surface area contributed by atoms with Gasteiger partial charge in [-0.15, -0.1) is 0 Å². The van der Waals surface area contributed by atoms with E-state index in [1.807, 2.05) is 0 Å². The van der Waals surface area contributed by atoms with Gasteiger partial charge >= 0.3 is 12.2 Å². The Labute approximate surface area is 142 Å². The van der Waals surface area contributed by atoms with Crippen LogP contribution in [0.2, 0.25) is 0 Å². The van der Waals surface area contributed by atoms with Crippen molar-refractivity contribution >= 4 is 12.2 Å². The second kappa shape index (κ2) is 5.51. The van der Waals surface area contributed by atoms with Gasteiger partial charge in [-0.25, -0.2) is 9.59 Å². The first-order chi connectivity index (χ1) is 11.5. The van der Waals surface area contributed by atoms with Gasteiger partial charge in [-0.05, 0) is 24.2 Å². The highest BCUT2D eigenvalue weighted by molar-refractivity contribution is 5.70. The fourth-order valence-electron chi connectivity index (χ4n) is 5.62. The van der Waals surface area contributed by atoms with Gasteiger partial charge in [-0.3, -0.25) is 4.90 Å². The van der Waals surface area contributed by atoms with Crippen LogP contribution in [0.4, 0.5) is 9.59 Å². The number of nitrogens with one attached hydrogen (secondary N) is 1. The summed E-state index contributed by atoms with van der Waals surface area (Å²) in [4.78, 5) is 26.7. The van der Waals surface area contributed by atoms with Crippen molar-refractivity contribution in [3.05, 3.63) is 0 Å². The smallest absolute Gasteiger partial charge is 0.407 e. The summed E-state index contributed by atoms with van der Waals surface area (Å²) < 4.78 is 5.51. The Morgan fingerprint density at radius 2 is 2.08 bits per heavy atom. The van der Waals surface area contributed by atoms with Crippen molar-refractivity contribution in [2.24, 2.45) is 11.3 Å². The summed E-state index contributed by atoms with van der Waals surface area (Å²) in [7, 11) is 0. The highest BCUT2D eigenvalue weighted by atomic mass is 16.6. The van der Waals surface area contributed by atoms with Crippen LogP contribution in [-0.4, -0.2) is 71.5 Å². The number of hydrogen-bond acceptors (Lipinski definition) is 4. The average Bonchev–Trinajstić information content (AvgIpc) is 3.13. The summed E-state index contributed by atoms with van der Waals surface area (Å²) in [6.45, 7) is 6.19. The average molecular weight is 337 g/mol. The summed E-state index contributed by atoms with van der Waals surface area (Å²) in [6, 6.07) is 0.561. The maximum atomic E-state index is 11.4. The van der Waals surface area contributed by atoms with E-state index in [4.69, 9.17) is 4.74 Å². The molecule has 0 bridgehead atoms. The Morgan fingerprint density at radius 1 is 1.33 bits per heavy atom. The normalized spacial score (nSPS) is 38.2. The van der Waals surface area contributed by atoms with Gasteiger partial charge in [-0.2, -0.15) is 0 Å². The molecule has 0 aromatic heterocycles. The van der Waals surface area contributed by atoms with Crippen molar-refractivity contribution in [1.29, 1.82) is 0 Å². The molecular weight excluding hydrogens is 310 g/mol. The number of alkyl carbamates (subject to hydrolysis) is 1. The van der Waals surface area contributed by atoms with Crippen LogP contribution in [0.25, 0.3) is 0 Å². The van der Waals surface area contributed by atoms with Gasteiger partial charge in [0.15, 0.2) is 0 Å². The highest BCUT2D eigenvalue weighted by Gasteiger charge is 2.58. The minimum atomic E-state index is -0.777. The van der Waals surface area contributed by atoms with E-state index in [1.54, 1.807) is 4.90 Å². The predicted molar refractivity (Wildman–Crippen MR) is 86.9 cm³/mol. The molecule has 4 aliphatic rings. The summed E-state index contributed by atoms with van der Waals surface area (Å²) in [5, 5.41) is 12.0. The van der Waals surface area contributed by atoms with Gasteiger partial charge in [0.1, 0.15) is 5.60 Å². The molecule has 24 heavy (non-hydrogen) atoms. The summed E-state index contributed by atoms with van der Waals surface area (Å²) >= 11 is 0. The van der Waals surface area contributed by atoms with Crippen molar-refractivity contribution in [1.82, 2.24) is 15.1 Å². The molecule has 1 saturated carbocycles. The summed E-state index contributed by atoms with van der Waals surface area (Å²) in [6.07, 6.45) is 3.96. The van der Waals surface area contributed by atoms with E-state index in [0.29, 0.717) is 31.6 Å². The molecule has 4 rings (SSSR count). The molecule has 4 fully saturated rings. The zero-order valence-electron chi connectivity index (χ0n) is 14.3. The Hall–Kier alpha value is -1.50. The molecule has 2 spiro atoms. The molecule has 3 heterocycles. The zero-order valence-corrected chi connectivity index (χ0v) is 14.3. The second-order valence-corrected chi connectivity index (χ2v) is 8.06. The highest BCUT2D eigenvalue weighted by Crippen LogP contribution is 2.56. The lowest BCUT2D eigenvalue weighted by Crippen LogP contribution is -2.62.